The summed E-state index contributed by atoms with van der Waals surface area (Å²) in [6.07, 6.45) is -0.512. The smallest absolute Gasteiger partial charge is 0.332 e. The number of hydrogen-bond donors (Lipinski definition) is 2. The Morgan fingerprint density at radius 1 is 1.00 bits per heavy atom. The van der Waals surface area contributed by atoms with Gasteiger partial charge in [0.2, 0.25) is 0 Å². The van der Waals surface area contributed by atoms with Crippen molar-refractivity contribution in [2.45, 2.75) is 18.9 Å². The predicted molar refractivity (Wildman–Crippen MR) is 81.5 cm³/mol. The van der Waals surface area contributed by atoms with Gasteiger partial charge in [-0.05, 0) is 41.7 Å². The van der Waals surface area contributed by atoms with Crippen molar-refractivity contribution in [3.8, 4) is 11.1 Å². The van der Waals surface area contributed by atoms with Crippen molar-refractivity contribution >= 4 is 21.9 Å². The van der Waals surface area contributed by atoms with Crippen LogP contribution in [0.3, 0.4) is 0 Å². The molecule has 3 nitrogen and oxygen atoms in total. The molecule has 0 saturated heterocycles. The molecule has 0 amide bonds. The fraction of sp³-hybridized carbons (Fsp3) is 0.188. The van der Waals surface area contributed by atoms with Crippen molar-refractivity contribution in [3.63, 3.8) is 0 Å². The van der Waals surface area contributed by atoms with Gasteiger partial charge in [-0.25, -0.2) is 4.79 Å². The van der Waals surface area contributed by atoms with Crippen LogP contribution in [0, 0.1) is 0 Å². The van der Waals surface area contributed by atoms with Crippen LogP contribution < -0.4 is 0 Å². The topological polar surface area (TPSA) is 57.5 Å². The second-order valence-electron chi connectivity index (χ2n) is 4.60. The first kappa shape index (κ1) is 14.8. The van der Waals surface area contributed by atoms with E-state index in [2.05, 4.69) is 15.9 Å². The first-order valence-corrected chi connectivity index (χ1v) is 7.11. The molecular formula is C16H15BrO3. The summed E-state index contributed by atoms with van der Waals surface area (Å²) >= 11 is 3.40. The van der Waals surface area contributed by atoms with Crippen molar-refractivity contribution in [1.82, 2.24) is 0 Å². The van der Waals surface area contributed by atoms with Crippen LogP contribution in [0.4, 0.5) is 0 Å². The van der Waals surface area contributed by atoms with Crippen molar-refractivity contribution in [2.75, 3.05) is 0 Å². The summed E-state index contributed by atoms with van der Waals surface area (Å²) in [4.78, 5) is 10.5. The minimum atomic E-state index is -1.29. The summed E-state index contributed by atoms with van der Waals surface area (Å²) in [7, 11) is 0. The molecule has 0 spiro atoms. The first-order valence-electron chi connectivity index (χ1n) is 6.32. The van der Waals surface area contributed by atoms with Crippen molar-refractivity contribution in [1.29, 1.82) is 0 Å². The number of halogens is 1. The molecule has 20 heavy (non-hydrogen) atoms. The number of carboxylic acid groups (broad SMARTS) is 1. The van der Waals surface area contributed by atoms with E-state index in [1.54, 1.807) is 0 Å². The highest BCUT2D eigenvalue weighted by molar-refractivity contribution is 9.10. The minimum absolute atomic E-state index is 0.229. The standard InChI is InChI=1S/C16H15BrO3/c17-14-8-6-13(7-9-14)12-4-1-11(2-5-12)3-10-15(18)16(19)20/h1-2,4-9,15,18H,3,10H2,(H,19,20). The molecule has 0 fully saturated rings. The number of hydrogen-bond acceptors (Lipinski definition) is 2. The molecule has 0 aliphatic rings. The van der Waals surface area contributed by atoms with Gasteiger partial charge in [-0.3, -0.25) is 0 Å². The Hall–Kier alpha value is -1.65. The molecule has 0 saturated carbocycles. The monoisotopic (exact) mass is 334 g/mol. The van der Waals surface area contributed by atoms with Crippen LogP contribution in [-0.2, 0) is 11.2 Å². The molecule has 1 atom stereocenters. The lowest BCUT2D eigenvalue weighted by atomic mass is 10.0. The number of aliphatic hydroxyl groups is 1. The quantitative estimate of drug-likeness (QED) is 0.879. The summed E-state index contributed by atoms with van der Waals surface area (Å²) in [5.74, 6) is -1.17. The molecule has 0 radical (unpaired) electrons. The molecule has 2 rings (SSSR count). The zero-order valence-corrected chi connectivity index (χ0v) is 12.4. The van der Waals surface area contributed by atoms with Gasteiger partial charge in [0.25, 0.3) is 0 Å². The van der Waals surface area contributed by atoms with Gasteiger partial charge in [0.15, 0.2) is 6.10 Å². The fourth-order valence-electron chi connectivity index (χ4n) is 1.93. The number of benzene rings is 2. The van der Waals surface area contributed by atoms with Crippen LogP contribution in [0.2, 0.25) is 0 Å². The molecule has 0 heterocycles. The number of aryl methyl sites for hydroxylation is 1. The average molecular weight is 335 g/mol. The Labute approximate surface area is 126 Å². The first-order chi connectivity index (χ1) is 9.56. The predicted octanol–water partition coefficient (Wildman–Crippen LogP) is 3.49. The lowest BCUT2D eigenvalue weighted by Crippen LogP contribution is -2.19. The Balaban J connectivity index is 2.03. The maximum atomic E-state index is 10.5. The Morgan fingerprint density at radius 2 is 1.50 bits per heavy atom. The van der Waals surface area contributed by atoms with E-state index in [9.17, 15) is 9.90 Å². The van der Waals surface area contributed by atoms with Crippen molar-refractivity contribution in [2.24, 2.45) is 0 Å². The van der Waals surface area contributed by atoms with Crippen LogP contribution in [-0.4, -0.2) is 22.3 Å². The van der Waals surface area contributed by atoms with E-state index in [0.717, 1.165) is 21.2 Å². The van der Waals surface area contributed by atoms with Crippen LogP contribution >= 0.6 is 15.9 Å². The zero-order valence-electron chi connectivity index (χ0n) is 10.8. The number of rotatable bonds is 5. The summed E-state index contributed by atoms with van der Waals surface area (Å²) in [6, 6.07) is 16.0. The Morgan fingerprint density at radius 3 is 2.00 bits per heavy atom. The molecule has 1 unspecified atom stereocenters. The third-order valence-corrected chi connectivity index (χ3v) is 3.65. The van der Waals surface area contributed by atoms with E-state index in [0.29, 0.717) is 6.42 Å². The van der Waals surface area contributed by atoms with E-state index in [4.69, 9.17) is 5.11 Å². The van der Waals surface area contributed by atoms with E-state index < -0.39 is 12.1 Å². The SMILES string of the molecule is O=C(O)C(O)CCc1ccc(-c2ccc(Br)cc2)cc1. The van der Waals surface area contributed by atoms with Crippen LogP contribution in [0.25, 0.3) is 11.1 Å². The van der Waals surface area contributed by atoms with E-state index in [1.165, 1.54) is 0 Å². The van der Waals surface area contributed by atoms with Gasteiger partial charge >= 0.3 is 5.97 Å². The van der Waals surface area contributed by atoms with Gasteiger partial charge < -0.3 is 10.2 Å². The molecule has 2 N–H and O–H groups in total. The molecule has 4 heteroatoms. The number of aliphatic carboxylic acids is 1. The van der Waals surface area contributed by atoms with E-state index in [1.807, 2.05) is 48.5 Å². The van der Waals surface area contributed by atoms with Crippen molar-refractivity contribution in [3.05, 3.63) is 58.6 Å². The molecule has 2 aromatic carbocycles. The fourth-order valence-corrected chi connectivity index (χ4v) is 2.20. The van der Waals surface area contributed by atoms with Crippen LogP contribution in [0.1, 0.15) is 12.0 Å². The maximum absolute atomic E-state index is 10.5. The molecule has 2 aromatic rings. The maximum Gasteiger partial charge on any atom is 0.332 e. The van der Waals surface area contributed by atoms with Crippen LogP contribution in [0.15, 0.2) is 53.0 Å². The van der Waals surface area contributed by atoms with E-state index in [-0.39, 0.29) is 6.42 Å². The summed E-state index contributed by atoms with van der Waals surface area (Å²) in [6.45, 7) is 0. The average Bonchev–Trinajstić information content (AvgIpc) is 2.46. The number of aliphatic hydroxyl groups excluding tert-OH is 1. The molecular weight excluding hydrogens is 320 g/mol. The molecule has 104 valence electrons. The third kappa shape index (κ3) is 3.92. The molecule has 0 aromatic heterocycles. The van der Waals surface area contributed by atoms with Crippen molar-refractivity contribution < 1.29 is 15.0 Å². The van der Waals surface area contributed by atoms with Gasteiger partial charge in [-0.1, -0.05) is 52.3 Å². The van der Waals surface area contributed by atoms with E-state index >= 15 is 0 Å². The zero-order chi connectivity index (χ0) is 14.5. The minimum Gasteiger partial charge on any atom is -0.479 e. The summed E-state index contributed by atoms with van der Waals surface area (Å²) < 4.78 is 1.04. The van der Waals surface area contributed by atoms with Gasteiger partial charge in [-0.15, -0.1) is 0 Å². The lowest BCUT2D eigenvalue weighted by Gasteiger charge is -2.07. The highest BCUT2D eigenvalue weighted by Gasteiger charge is 2.12. The highest BCUT2D eigenvalue weighted by atomic mass is 79.9. The Kier molecular flexibility index (Phi) is 4.93. The molecule has 0 aliphatic carbocycles. The van der Waals surface area contributed by atoms with Crippen LogP contribution in [0.5, 0.6) is 0 Å². The third-order valence-electron chi connectivity index (χ3n) is 3.12. The summed E-state index contributed by atoms with van der Waals surface area (Å²) in [5, 5.41) is 17.9. The number of carbonyl (C=O) groups is 1. The van der Waals surface area contributed by atoms with Gasteiger partial charge in [0, 0.05) is 4.47 Å². The normalized spacial score (nSPS) is 12.1. The Bertz CT molecular complexity index is 576. The summed E-state index contributed by atoms with van der Waals surface area (Å²) in [5.41, 5.74) is 3.26. The second-order valence-corrected chi connectivity index (χ2v) is 5.51. The highest BCUT2D eigenvalue weighted by Crippen LogP contribution is 2.22. The van der Waals surface area contributed by atoms with Gasteiger partial charge in [0.05, 0.1) is 0 Å². The largest absolute Gasteiger partial charge is 0.479 e. The molecule has 0 aliphatic heterocycles. The lowest BCUT2D eigenvalue weighted by molar-refractivity contribution is -0.146. The van der Waals surface area contributed by atoms with Gasteiger partial charge in [-0.2, -0.15) is 0 Å². The molecule has 0 bridgehead atoms. The van der Waals surface area contributed by atoms with Gasteiger partial charge in [0.1, 0.15) is 0 Å². The number of carboxylic acids is 1. The second kappa shape index (κ2) is 6.68.